The average Bonchev–Trinajstić information content (AvgIpc) is 1.62. The third-order valence-corrected chi connectivity index (χ3v) is 20.2. The number of aromatic nitrogens is 6. The van der Waals surface area contributed by atoms with Crippen molar-refractivity contribution in [1.82, 2.24) is 48.1 Å². The number of rotatable bonds is 25. The number of aliphatic hydroxyl groups is 2. The van der Waals surface area contributed by atoms with Crippen LogP contribution >= 0.6 is 0 Å². The van der Waals surface area contributed by atoms with Crippen molar-refractivity contribution in [2.75, 3.05) is 65.2 Å². The minimum Gasteiger partial charge on any atom is -0.393 e. The van der Waals surface area contributed by atoms with Gasteiger partial charge in [-0.15, -0.1) is 0 Å². The van der Waals surface area contributed by atoms with Crippen LogP contribution in [-0.2, 0) is 39.0 Å². The molecule has 6 aromatic heterocycles. The van der Waals surface area contributed by atoms with Gasteiger partial charge < -0.3 is 28.7 Å². The highest BCUT2D eigenvalue weighted by Crippen LogP contribution is 2.35. The minimum absolute atomic E-state index is 0.00628. The molecule has 3 aliphatic rings. The SMILES string of the molecule is [C-]#[N+]c1ccc(-n2c(C)c(C(=O)CN3CCC(O)CC3)c3ncc(CCC(=O)CCCCC#N)cc32)cc1.[C-]#[N+]c1ccc(-n2c(C)c(C(=O)CN3CCC(O)CC3)c3ncc(CNS(C)(=O)=O)cc32)cc1.[C-]#[N+]c1ccc(-n2c(C)c(C(=O)CN3CCCCC3)c3ncc(CCC(C)=O)cc32)cc1. The standard InChI is InChI=1S/C30H33N5O3.C26H28N4O2.C24H27N5O4S/c1-21-29(28(38)20-34-16-13-26(37)14-17-34)30-27(35(21)24-10-8-23(32-2)9-11-24)18-22(19-33-30)7-12-25(36)6-4-3-5-15-31;1-18(31)7-8-20-15-23-26(28-16-20)25(24(32)17-29-13-5-4-6-14-29)19(2)30(23)22-11-9-21(27-3)10-12-22;1-16-23(22(31)15-28-10-8-20(30)9-11-28)24-21(12-17(13-26-24)14-27-34(3,32)33)29(16)19-6-4-18(25-2)5-7-19/h8-11,18-19,26,37H,3-7,12-14,16-17,20H2,1H3;9-12,15-16H,4-8,13-14,17H2,1-2H3;4-7,12-13,20,27,30H,8-11,14-15H2,1,3H3. The Balaban J connectivity index is 0.000000168. The first-order chi connectivity index (χ1) is 50.0. The van der Waals surface area contributed by atoms with Crippen molar-refractivity contribution in [2.45, 2.75) is 143 Å². The maximum atomic E-state index is 13.6. The van der Waals surface area contributed by atoms with E-state index < -0.39 is 10.0 Å². The molecule has 9 aromatic rings. The number of aliphatic hydroxyl groups excluding tert-OH is 2. The molecule has 12 rings (SSSR count). The van der Waals surface area contributed by atoms with Crippen LogP contribution in [0.25, 0.3) is 64.7 Å². The summed E-state index contributed by atoms with van der Waals surface area (Å²) in [6.07, 6.45) is 16.2. The van der Waals surface area contributed by atoms with Gasteiger partial charge in [-0.05, 0) is 176 Å². The second-order valence-corrected chi connectivity index (χ2v) is 29.1. The van der Waals surface area contributed by atoms with Gasteiger partial charge >= 0.3 is 0 Å². The zero-order valence-corrected chi connectivity index (χ0v) is 60.5. The molecule has 23 nitrogen and oxygen atoms in total. The lowest BCUT2D eigenvalue weighted by molar-refractivity contribution is -0.119. The quantitative estimate of drug-likeness (QED) is 0.0272. The van der Waals surface area contributed by atoms with Gasteiger partial charge in [0.2, 0.25) is 10.0 Å². The summed E-state index contributed by atoms with van der Waals surface area (Å²) >= 11 is 0. The maximum Gasteiger partial charge on any atom is 0.209 e. The van der Waals surface area contributed by atoms with Crippen molar-refractivity contribution in [1.29, 1.82) is 5.26 Å². The number of ketones is 5. The van der Waals surface area contributed by atoms with Crippen molar-refractivity contribution in [3.05, 3.63) is 194 Å². The normalized spacial score (nSPS) is 14.7. The zero-order valence-electron chi connectivity index (χ0n) is 59.7. The number of aryl methyl sites for hydroxylation is 2. The number of hydrogen-bond acceptors (Lipinski definition) is 16. The molecular weight excluding hydrogens is 1330 g/mol. The Morgan fingerprint density at radius 2 is 0.885 bits per heavy atom. The number of hydrogen-bond donors (Lipinski definition) is 3. The number of pyridine rings is 3. The number of nitrogens with one attached hydrogen (secondary N) is 1. The van der Waals surface area contributed by atoms with Crippen LogP contribution in [-0.4, -0.2) is 168 Å². The molecule has 0 amide bonds. The fraction of sp³-hybridized carbons (Fsp3) is 0.400. The summed E-state index contributed by atoms with van der Waals surface area (Å²) in [5.41, 5.74) is 15.1. The molecule has 0 unspecified atom stereocenters. The van der Waals surface area contributed by atoms with E-state index in [1.807, 2.05) is 89.4 Å². The van der Waals surface area contributed by atoms with Crippen LogP contribution in [0.3, 0.4) is 0 Å². The van der Waals surface area contributed by atoms with E-state index in [2.05, 4.69) is 44.7 Å². The number of sulfonamides is 1. The Kier molecular flexibility index (Phi) is 25.9. The van der Waals surface area contributed by atoms with Crippen LogP contribution in [0.1, 0.15) is 155 Å². The molecule has 24 heteroatoms. The third kappa shape index (κ3) is 19.1. The number of carbonyl (C=O) groups excluding carboxylic acids is 5. The highest BCUT2D eigenvalue weighted by Gasteiger charge is 2.30. The molecule has 3 saturated heterocycles. The van der Waals surface area contributed by atoms with Crippen molar-refractivity contribution in [3.8, 4) is 23.1 Å². The molecule has 3 aromatic carbocycles. The second kappa shape index (κ2) is 35.3. The summed E-state index contributed by atoms with van der Waals surface area (Å²) in [5.74, 6) is 0.351. The Morgan fingerprint density at radius 1 is 0.529 bits per heavy atom. The molecule has 0 radical (unpaired) electrons. The predicted molar refractivity (Wildman–Crippen MR) is 401 cm³/mol. The van der Waals surface area contributed by atoms with Crippen LogP contribution in [0.5, 0.6) is 0 Å². The highest BCUT2D eigenvalue weighted by molar-refractivity contribution is 7.88. The van der Waals surface area contributed by atoms with E-state index in [9.17, 15) is 42.6 Å². The first kappa shape index (κ1) is 76.4. The fourth-order valence-corrected chi connectivity index (χ4v) is 14.4. The molecule has 9 heterocycles. The van der Waals surface area contributed by atoms with Gasteiger partial charge in [0.05, 0.1) is 114 Å². The monoisotopic (exact) mass is 1420 g/mol. The molecule has 0 spiro atoms. The zero-order chi connectivity index (χ0) is 74.2. The number of carbonyl (C=O) groups is 5. The Hall–Kier alpha value is -10.3. The van der Waals surface area contributed by atoms with Crippen LogP contribution in [0.15, 0.2) is 110 Å². The number of Topliss-reactive ketones (excluding diaryl/α,β-unsaturated/α-hetero) is 5. The first-order valence-corrected chi connectivity index (χ1v) is 37.3. The molecular formula is C80H88N14O9S. The number of nitrogens with zero attached hydrogens (tertiary/aromatic N) is 13. The molecule has 3 aliphatic heterocycles. The molecule has 0 atom stereocenters. The number of piperidine rings is 3. The lowest BCUT2D eigenvalue weighted by Gasteiger charge is -2.28. The minimum atomic E-state index is -3.37. The third-order valence-electron chi connectivity index (χ3n) is 19.5. The largest absolute Gasteiger partial charge is 0.393 e. The van der Waals surface area contributed by atoms with Gasteiger partial charge in [0.25, 0.3) is 0 Å². The number of unbranched alkanes of at least 4 members (excludes halogenated alkanes) is 2. The lowest BCUT2D eigenvalue weighted by atomic mass is 10.0. The summed E-state index contributed by atoms with van der Waals surface area (Å²) in [5, 5.41) is 28.2. The van der Waals surface area contributed by atoms with E-state index >= 15 is 0 Å². The summed E-state index contributed by atoms with van der Waals surface area (Å²) in [6.45, 7) is 34.6. The molecule has 104 heavy (non-hydrogen) atoms. The number of likely N-dealkylation sites (tertiary alicyclic amines) is 3. The predicted octanol–water partition coefficient (Wildman–Crippen LogP) is 12.8. The molecule has 0 bridgehead atoms. The molecule has 3 N–H and O–H groups in total. The fourth-order valence-electron chi connectivity index (χ4n) is 14.0. The van der Waals surface area contributed by atoms with Crippen molar-refractivity contribution >= 4 is 89.1 Å². The summed E-state index contributed by atoms with van der Waals surface area (Å²) in [7, 11) is -3.37. The molecule has 0 saturated carbocycles. The lowest BCUT2D eigenvalue weighted by Crippen LogP contribution is -2.39. The van der Waals surface area contributed by atoms with E-state index in [0.29, 0.717) is 158 Å². The van der Waals surface area contributed by atoms with Gasteiger partial charge in [-0.2, -0.15) is 5.26 Å². The van der Waals surface area contributed by atoms with E-state index in [4.69, 9.17) is 34.9 Å². The van der Waals surface area contributed by atoms with Crippen molar-refractivity contribution < 1.29 is 42.6 Å². The smallest absolute Gasteiger partial charge is 0.209 e. The molecule has 538 valence electrons. The highest BCUT2D eigenvalue weighted by atomic mass is 32.2. The van der Waals surface area contributed by atoms with Crippen LogP contribution in [0.2, 0.25) is 0 Å². The number of nitriles is 1. The number of fused-ring (bicyclic) bond motifs is 3. The van der Waals surface area contributed by atoms with Gasteiger partial charge in [0, 0.05) is 111 Å². The van der Waals surface area contributed by atoms with E-state index in [0.717, 1.165) is 101 Å². The Morgan fingerprint density at radius 3 is 1.24 bits per heavy atom. The van der Waals surface area contributed by atoms with Crippen LogP contribution in [0, 0.1) is 51.8 Å². The van der Waals surface area contributed by atoms with E-state index in [1.165, 1.54) is 6.42 Å². The summed E-state index contributed by atoms with van der Waals surface area (Å²) < 4.78 is 31.6. The van der Waals surface area contributed by atoms with Gasteiger partial charge in [0.15, 0.2) is 34.4 Å². The van der Waals surface area contributed by atoms with Crippen LogP contribution in [0.4, 0.5) is 17.1 Å². The van der Waals surface area contributed by atoms with E-state index in [-0.39, 0.29) is 60.8 Å². The summed E-state index contributed by atoms with van der Waals surface area (Å²) in [6, 6.07) is 29.7. The van der Waals surface area contributed by atoms with Gasteiger partial charge in [0.1, 0.15) is 11.6 Å². The molecule has 0 aliphatic carbocycles. The van der Waals surface area contributed by atoms with Gasteiger partial charge in [-0.3, -0.25) is 48.8 Å². The van der Waals surface area contributed by atoms with Gasteiger partial charge in [-0.1, -0.05) is 42.8 Å². The van der Waals surface area contributed by atoms with E-state index in [1.54, 1.807) is 61.9 Å². The Bertz CT molecular complexity index is 4930. The topological polar surface area (TPSA) is 272 Å². The maximum absolute atomic E-state index is 13.6. The summed E-state index contributed by atoms with van der Waals surface area (Å²) in [4.78, 5) is 95.0. The van der Waals surface area contributed by atoms with Crippen molar-refractivity contribution in [3.63, 3.8) is 0 Å². The molecule has 3 fully saturated rings. The Labute approximate surface area is 607 Å². The van der Waals surface area contributed by atoms with Crippen molar-refractivity contribution in [2.24, 2.45) is 0 Å². The van der Waals surface area contributed by atoms with Crippen LogP contribution < -0.4 is 4.72 Å². The second-order valence-electron chi connectivity index (χ2n) is 27.2. The average molecular weight is 1420 g/mol. The first-order valence-electron chi connectivity index (χ1n) is 35.4. The van der Waals surface area contributed by atoms with Gasteiger partial charge in [-0.25, -0.2) is 27.7 Å². The number of benzene rings is 3.